The number of anilines is 1. The summed E-state index contributed by atoms with van der Waals surface area (Å²) in [7, 11) is 0.378. The molecule has 0 spiro atoms. The van der Waals surface area contributed by atoms with E-state index in [9.17, 15) is 8.42 Å². The molecule has 1 aromatic rings. The van der Waals surface area contributed by atoms with E-state index in [1.807, 2.05) is 18.2 Å². The smallest absolute Gasteiger partial charge is 0.214 e. The second-order valence-corrected chi connectivity index (χ2v) is 8.90. The predicted molar refractivity (Wildman–Crippen MR) is 124 cm³/mol. The van der Waals surface area contributed by atoms with Crippen LogP contribution in [0, 0.1) is 0 Å². The molecule has 2 aliphatic rings. The molecular formula is C18H30IN5O3S. The quantitative estimate of drug-likeness (QED) is 0.330. The zero-order valence-electron chi connectivity index (χ0n) is 16.4. The molecule has 2 fully saturated rings. The van der Waals surface area contributed by atoms with Crippen LogP contribution in [0.4, 0.5) is 5.69 Å². The second-order valence-electron chi connectivity index (χ2n) is 6.82. The maximum atomic E-state index is 11.8. The van der Waals surface area contributed by atoms with Gasteiger partial charge in [-0.25, -0.2) is 12.7 Å². The van der Waals surface area contributed by atoms with Gasteiger partial charge in [0.05, 0.1) is 18.6 Å². The molecule has 8 nitrogen and oxygen atoms in total. The molecule has 2 saturated heterocycles. The summed E-state index contributed by atoms with van der Waals surface area (Å²) in [6, 6.07) is 8.32. The van der Waals surface area contributed by atoms with Crippen LogP contribution in [-0.4, -0.2) is 77.4 Å². The molecule has 1 unspecified atom stereocenters. The average Bonchev–Trinajstić information content (AvgIpc) is 3.27. The molecule has 0 aliphatic carbocycles. The lowest BCUT2D eigenvalue weighted by molar-refractivity contribution is 0.415. The molecular weight excluding hydrogens is 493 g/mol. The number of para-hydroxylation sites is 2. The highest BCUT2D eigenvalue weighted by Gasteiger charge is 2.28. The van der Waals surface area contributed by atoms with Crippen LogP contribution in [-0.2, 0) is 10.0 Å². The minimum absolute atomic E-state index is 0. The SMILES string of the molecule is CN=C(NCCN1CCCS1(=O)=O)NC1CCN(c2ccccc2OC)C1.I. The highest BCUT2D eigenvalue weighted by Crippen LogP contribution is 2.30. The minimum Gasteiger partial charge on any atom is -0.495 e. The zero-order chi connectivity index (χ0) is 19.3. The third kappa shape index (κ3) is 5.63. The van der Waals surface area contributed by atoms with E-state index in [-0.39, 0.29) is 35.8 Å². The highest BCUT2D eigenvalue weighted by atomic mass is 127. The van der Waals surface area contributed by atoms with Gasteiger partial charge in [-0.3, -0.25) is 4.99 Å². The molecule has 2 aliphatic heterocycles. The van der Waals surface area contributed by atoms with E-state index in [0.717, 1.165) is 37.4 Å². The third-order valence-corrected chi connectivity index (χ3v) is 6.99. The number of aliphatic imine (C=N–C) groups is 1. The Morgan fingerprint density at radius 2 is 2.11 bits per heavy atom. The zero-order valence-corrected chi connectivity index (χ0v) is 19.6. The van der Waals surface area contributed by atoms with Gasteiger partial charge in [0.15, 0.2) is 5.96 Å². The van der Waals surface area contributed by atoms with Crippen molar-refractivity contribution in [2.24, 2.45) is 4.99 Å². The minimum atomic E-state index is -3.04. The summed E-state index contributed by atoms with van der Waals surface area (Å²) in [6.07, 6.45) is 1.72. The molecule has 2 heterocycles. The van der Waals surface area contributed by atoms with Crippen molar-refractivity contribution in [1.82, 2.24) is 14.9 Å². The summed E-state index contributed by atoms with van der Waals surface area (Å²) in [5.41, 5.74) is 1.10. The molecule has 2 N–H and O–H groups in total. The summed E-state index contributed by atoms with van der Waals surface area (Å²) in [5.74, 6) is 1.85. The molecule has 1 aromatic carbocycles. The summed E-state index contributed by atoms with van der Waals surface area (Å²) < 4.78 is 30.7. The number of rotatable bonds is 6. The predicted octanol–water partition coefficient (Wildman–Crippen LogP) is 1.09. The molecule has 158 valence electrons. The Labute approximate surface area is 184 Å². The van der Waals surface area contributed by atoms with Gasteiger partial charge in [0.2, 0.25) is 10.0 Å². The van der Waals surface area contributed by atoms with Gasteiger partial charge in [0, 0.05) is 45.8 Å². The van der Waals surface area contributed by atoms with E-state index in [1.54, 1.807) is 18.5 Å². The van der Waals surface area contributed by atoms with Crippen LogP contribution < -0.4 is 20.3 Å². The summed E-state index contributed by atoms with van der Waals surface area (Å²) in [5, 5.41) is 6.67. The summed E-state index contributed by atoms with van der Waals surface area (Å²) in [4.78, 5) is 6.57. The Hall–Kier alpha value is -1.27. The lowest BCUT2D eigenvalue weighted by atomic mass is 10.2. The van der Waals surface area contributed by atoms with Crippen molar-refractivity contribution < 1.29 is 13.2 Å². The van der Waals surface area contributed by atoms with E-state index >= 15 is 0 Å². The number of hydrogen-bond acceptors (Lipinski definition) is 5. The number of halogens is 1. The van der Waals surface area contributed by atoms with Crippen LogP contribution >= 0.6 is 24.0 Å². The van der Waals surface area contributed by atoms with Gasteiger partial charge in [-0.05, 0) is 25.0 Å². The average molecular weight is 523 g/mol. The Kier molecular flexibility index (Phi) is 8.62. The maximum Gasteiger partial charge on any atom is 0.214 e. The Bertz CT molecular complexity index is 774. The molecule has 0 radical (unpaired) electrons. The van der Waals surface area contributed by atoms with Gasteiger partial charge in [-0.15, -0.1) is 24.0 Å². The van der Waals surface area contributed by atoms with E-state index in [4.69, 9.17) is 4.74 Å². The largest absolute Gasteiger partial charge is 0.495 e. The van der Waals surface area contributed by atoms with Crippen molar-refractivity contribution in [3.05, 3.63) is 24.3 Å². The van der Waals surface area contributed by atoms with Gasteiger partial charge < -0.3 is 20.3 Å². The first-order chi connectivity index (χ1) is 13.0. The Morgan fingerprint density at radius 1 is 1.32 bits per heavy atom. The number of hydrogen-bond donors (Lipinski definition) is 2. The number of benzene rings is 1. The first-order valence-corrected chi connectivity index (χ1v) is 11.0. The monoisotopic (exact) mass is 523 g/mol. The van der Waals surface area contributed by atoms with Crippen molar-refractivity contribution in [2.75, 3.05) is 57.5 Å². The molecule has 0 saturated carbocycles. The molecule has 0 bridgehead atoms. The second kappa shape index (κ2) is 10.5. The fraction of sp³-hybridized carbons (Fsp3) is 0.611. The van der Waals surface area contributed by atoms with E-state index in [0.29, 0.717) is 25.6 Å². The van der Waals surface area contributed by atoms with Gasteiger partial charge in [-0.1, -0.05) is 12.1 Å². The first-order valence-electron chi connectivity index (χ1n) is 9.36. The fourth-order valence-electron chi connectivity index (χ4n) is 3.62. The van der Waals surface area contributed by atoms with E-state index in [2.05, 4.69) is 26.6 Å². The van der Waals surface area contributed by atoms with E-state index in [1.165, 1.54) is 0 Å². The van der Waals surface area contributed by atoms with Crippen LogP contribution in [0.3, 0.4) is 0 Å². The van der Waals surface area contributed by atoms with Crippen molar-refractivity contribution in [1.29, 1.82) is 0 Å². The van der Waals surface area contributed by atoms with E-state index < -0.39 is 10.0 Å². The number of ether oxygens (including phenoxy) is 1. The number of nitrogens with zero attached hydrogens (tertiary/aromatic N) is 3. The number of nitrogens with one attached hydrogen (secondary N) is 2. The van der Waals surface area contributed by atoms with Gasteiger partial charge >= 0.3 is 0 Å². The van der Waals surface area contributed by atoms with Crippen LogP contribution in [0.15, 0.2) is 29.3 Å². The Balaban J connectivity index is 0.00000280. The third-order valence-electron chi connectivity index (χ3n) is 5.04. The first kappa shape index (κ1) is 23.0. The lowest BCUT2D eigenvalue weighted by Gasteiger charge is -2.22. The fourth-order valence-corrected chi connectivity index (χ4v) is 5.15. The molecule has 1 atom stereocenters. The van der Waals surface area contributed by atoms with Gasteiger partial charge in [0.1, 0.15) is 5.75 Å². The molecule has 28 heavy (non-hydrogen) atoms. The highest BCUT2D eigenvalue weighted by molar-refractivity contribution is 14.0. The van der Waals surface area contributed by atoms with Crippen LogP contribution in [0.5, 0.6) is 5.75 Å². The summed E-state index contributed by atoms with van der Waals surface area (Å²) >= 11 is 0. The molecule has 10 heteroatoms. The van der Waals surface area contributed by atoms with Gasteiger partial charge in [0.25, 0.3) is 0 Å². The standard InChI is InChI=1S/C18H29N5O3S.HI/c1-19-18(20-9-12-23-10-5-13-27(23,24)25)21-15-8-11-22(14-15)16-6-3-4-7-17(16)26-2;/h3-4,6-7,15H,5,8-14H2,1-2H3,(H2,19,20,21);1H. The Morgan fingerprint density at radius 3 is 2.79 bits per heavy atom. The maximum absolute atomic E-state index is 11.8. The van der Waals surface area contributed by atoms with Crippen LogP contribution in [0.2, 0.25) is 0 Å². The van der Waals surface area contributed by atoms with Crippen molar-refractivity contribution in [3.8, 4) is 5.75 Å². The van der Waals surface area contributed by atoms with Crippen LogP contribution in [0.1, 0.15) is 12.8 Å². The normalized spacial score (nSPS) is 22.0. The van der Waals surface area contributed by atoms with Crippen molar-refractivity contribution in [2.45, 2.75) is 18.9 Å². The number of methoxy groups -OCH3 is 1. The van der Waals surface area contributed by atoms with Crippen LogP contribution in [0.25, 0.3) is 0 Å². The number of sulfonamides is 1. The lowest BCUT2D eigenvalue weighted by Crippen LogP contribution is -2.46. The van der Waals surface area contributed by atoms with Crippen molar-refractivity contribution in [3.63, 3.8) is 0 Å². The summed E-state index contributed by atoms with van der Waals surface area (Å²) in [6.45, 7) is 3.44. The van der Waals surface area contributed by atoms with Gasteiger partial charge in [-0.2, -0.15) is 0 Å². The van der Waals surface area contributed by atoms with Crippen molar-refractivity contribution >= 4 is 45.6 Å². The number of guanidine groups is 1. The molecule has 0 amide bonds. The molecule has 3 rings (SSSR count). The molecule has 0 aromatic heterocycles. The topological polar surface area (TPSA) is 86.3 Å².